The number of carbonyl (C=O) groups excluding carboxylic acids is 1. The van der Waals surface area contributed by atoms with E-state index in [2.05, 4.69) is 4.98 Å². The monoisotopic (exact) mass is 221 g/mol. The minimum atomic E-state index is -0.0481. The summed E-state index contributed by atoms with van der Waals surface area (Å²) in [5, 5.41) is 0.523. The molecule has 2 heterocycles. The van der Waals surface area contributed by atoms with E-state index in [0.29, 0.717) is 17.1 Å². The van der Waals surface area contributed by atoms with E-state index in [4.69, 9.17) is 16.0 Å². The van der Waals surface area contributed by atoms with Gasteiger partial charge in [0.25, 0.3) is 0 Å². The highest BCUT2D eigenvalue weighted by atomic mass is 35.5. The third kappa shape index (κ3) is 2.44. The number of nitrogens with zero attached hydrogens (tertiary/aromatic N) is 1. The van der Waals surface area contributed by atoms with Crippen molar-refractivity contribution in [3.8, 4) is 0 Å². The highest BCUT2D eigenvalue weighted by Crippen LogP contribution is 2.09. The second-order valence-corrected chi connectivity index (χ2v) is 3.53. The third-order valence-corrected chi connectivity index (χ3v) is 2.18. The minimum Gasteiger partial charge on any atom is -0.472 e. The highest BCUT2D eigenvalue weighted by molar-refractivity contribution is 6.30. The van der Waals surface area contributed by atoms with E-state index in [-0.39, 0.29) is 5.78 Å². The highest BCUT2D eigenvalue weighted by Gasteiger charge is 2.08. The summed E-state index contributed by atoms with van der Waals surface area (Å²) >= 11 is 5.67. The van der Waals surface area contributed by atoms with Gasteiger partial charge < -0.3 is 4.42 Å². The Morgan fingerprint density at radius 3 is 2.87 bits per heavy atom. The van der Waals surface area contributed by atoms with Gasteiger partial charge in [0.2, 0.25) is 0 Å². The molecule has 76 valence electrons. The quantitative estimate of drug-likeness (QED) is 0.749. The van der Waals surface area contributed by atoms with Crippen molar-refractivity contribution in [1.29, 1.82) is 0 Å². The van der Waals surface area contributed by atoms with Crippen molar-refractivity contribution in [2.45, 2.75) is 6.42 Å². The molecule has 0 fully saturated rings. The number of hydrogen-bond acceptors (Lipinski definition) is 3. The van der Waals surface area contributed by atoms with Crippen LogP contribution in [-0.2, 0) is 6.42 Å². The first kappa shape index (κ1) is 9.93. The largest absolute Gasteiger partial charge is 0.472 e. The van der Waals surface area contributed by atoms with Crippen LogP contribution in [0.1, 0.15) is 16.1 Å². The summed E-state index contributed by atoms with van der Waals surface area (Å²) in [5.74, 6) is -0.0481. The standard InChI is InChI=1S/C11H8ClNO2/c12-9-1-2-10(13-6-9)11(14)5-8-3-4-15-7-8/h1-4,6-7H,5H2. The van der Waals surface area contributed by atoms with Gasteiger partial charge in [-0.3, -0.25) is 9.78 Å². The van der Waals surface area contributed by atoms with Gasteiger partial charge in [-0.1, -0.05) is 11.6 Å². The molecule has 0 saturated heterocycles. The molecule has 2 aromatic heterocycles. The van der Waals surface area contributed by atoms with E-state index >= 15 is 0 Å². The van der Waals surface area contributed by atoms with Gasteiger partial charge in [0.1, 0.15) is 5.69 Å². The molecular formula is C11H8ClNO2. The van der Waals surface area contributed by atoms with Gasteiger partial charge in [0.15, 0.2) is 5.78 Å². The number of halogens is 1. The van der Waals surface area contributed by atoms with Crippen molar-refractivity contribution in [2.75, 3.05) is 0 Å². The summed E-state index contributed by atoms with van der Waals surface area (Å²) in [6.45, 7) is 0. The van der Waals surface area contributed by atoms with Crippen LogP contribution in [0.2, 0.25) is 5.02 Å². The maximum Gasteiger partial charge on any atom is 0.185 e. The zero-order valence-corrected chi connectivity index (χ0v) is 8.57. The van der Waals surface area contributed by atoms with Gasteiger partial charge in [0.05, 0.1) is 17.5 Å². The average Bonchev–Trinajstić information content (AvgIpc) is 2.71. The normalized spacial score (nSPS) is 10.2. The number of furan rings is 1. The number of aromatic nitrogens is 1. The third-order valence-electron chi connectivity index (χ3n) is 1.96. The number of carbonyl (C=O) groups is 1. The molecule has 0 spiro atoms. The van der Waals surface area contributed by atoms with E-state index in [1.807, 2.05) is 0 Å². The Labute approximate surface area is 91.7 Å². The maximum atomic E-state index is 11.7. The van der Waals surface area contributed by atoms with Crippen LogP contribution in [0.25, 0.3) is 0 Å². The topological polar surface area (TPSA) is 43.1 Å². The Hall–Kier alpha value is -1.61. The first-order chi connectivity index (χ1) is 7.25. The number of ketones is 1. The second kappa shape index (κ2) is 4.28. The summed E-state index contributed by atoms with van der Waals surface area (Å²) in [6, 6.07) is 5.02. The fourth-order valence-electron chi connectivity index (χ4n) is 1.21. The van der Waals surface area contributed by atoms with Crippen LogP contribution in [0.3, 0.4) is 0 Å². The van der Waals surface area contributed by atoms with E-state index in [1.54, 1.807) is 24.5 Å². The van der Waals surface area contributed by atoms with Crippen LogP contribution in [0.15, 0.2) is 41.3 Å². The smallest absolute Gasteiger partial charge is 0.185 e. The molecule has 0 saturated carbocycles. The van der Waals surface area contributed by atoms with Crippen LogP contribution in [0.5, 0.6) is 0 Å². The fraction of sp³-hybridized carbons (Fsp3) is 0.0909. The Bertz CT molecular complexity index is 448. The maximum absolute atomic E-state index is 11.7. The van der Waals surface area contributed by atoms with Crippen molar-refractivity contribution in [2.24, 2.45) is 0 Å². The zero-order chi connectivity index (χ0) is 10.7. The van der Waals surface area contributed by atoms with Gasteiger partial charge in [-0.05, 0) is 23.8 Å². The van der Waals surface area contributed by atoms with E-state index in [9.17, 15) is 4.79 Å². The lowest BCUT2D eigenvalue weighted by atomic mass is 10.1. The van der Waals surface area contributed by atoms with Crippen LogP contribution in [0.4, 0.5) is 0 Å². The molecule has 15 heavy (non-hydrogen) atoms. The number of pyridine rings is 1. The number of rotatable bonds is 3. The van der Waals surface area contributed by atoms with E-state index in [1.165, 1.54) is 12.5 Å². The summed E-state index contributed by atoms with van der Waals surface area (Å²) in [5.41, 5.74) is 1.26. The number of hydrogen-bond donors (Lipinski definition) is 0. The molecule has 0 aliphatic carbocycles. The predicted octanol–water partition coefficient (Wildman–Crippen LogP) is 2.75. The summed E-state index contributed by atoms with van der Waals surface area (Å²) in [7, 11) is 0. The first-order valence-electron chi connectivity index (χ1n) is 4.41. The lowest BCUT2D eigenvalue weighted by Crippen LogP contribution is -2.04. The molecule has 0 bridgehead atoms. The molecule has 3 nitrogen and oxygen atoms in total. The predicted molar refractivity (Wildman–Crippen MR) is 56.0 cm³/mol. The van der Waals surface area contributed by atoms with Crippen LogP contribution in [-0.4, -0.2) is 10.8 Å². The van der Waals surface area contributed by atoms with Gasteiger partial charge in [-0.2, -0.15) is 0 Å². The molecule has 4 heteroatoms. The van der Waals surface area contributed by atoms with Gasteiger partial charge >= 0.3 is 0 Å². The van der Waals surface area contributed by atoms with Crippen LogP contribution < -0.4 is 0 Å². The molecule has 0 amide bonds. The van der Waals surface area contributed by atoms with Gasteiger partial charge in [-0.15, -0.1) is 0 Å². The second-order valence-electron chi connectivity index (χ2n) is 3.09. The van der Waals surface area contributed by atoms with Crippen molar-refractivity contribution in [3.05, 3.63) is 53.2 Å². The summed E-state index contributed by atoms with van der Waals surface area (Å²) in [6.07, 6.45) is 4.85. The lowest BCUT2D eigenvalue weighted by Gasteiger charge is -1.97. The van der Waals surface area contributed by atoms with Crippen LogP contribution >= 0.6 is 11.6 Å². The molecular weight excluding hydrogens is 214 g/mol. The molecule has 0 radical (unpaired) electrons. The minimum absolute atomic E-state index is 0.0481. The van der Waals surface area contributed by atoms with Crippen molar-refractivity contribution >= 4 is 17.4 Å². The molecule has 0 aromatic carbocycles. The van der Waals surface area contributed by atoms with E-state index < -0.39 is 0 Å². The van der Waals surface area contributed by atoms with E-state index in [0.717, 1.165) is 5.56 Å². The average molecular weight is 222 g/mol. The zero-order valence-electron chi connectivity index (χ0n) is 7.81. The van der Waals surface area contributed by atoms with Crippen LogP contribution in [0, 0.1) is 0 Å². The molecule has 0 aliphatic heterocycles. The van der Waals surface area contributed by atoms with Crippen molar-refractivity contribution in [1.82, 2.24) is 4.98 Å². The molecule has 2 aromatic rings. The van der Waals surface area contributed by atoms with Crippen molar-refractivity contribution in [3.63, 3.8) is 0 Å². The molecule has 0 aliphatic rings. The molecule has 0 unspecified atom stereocenters. The SMILES string of the molecule is O=C(Cc1ccoc1)c1ccc(Cl)cn1. The van der Waals surface area contributed by atoms with Gasteiger partial charge in [-0.25, -0.2) is 0 Å². The summed E-state index contributed by atoms with van der Waals surface area (Å²) < 4.78 is 4.88. The van der Waals surface area contributed by atoms with Crippen molar-refractivity contribution < 1.29 is 9.21 Å². The summed E-state index contributed by atoms with van der Waals surface area (Å²) in [4.78, 5) is 15.6. The first-order valence-corrected chi connectivity index (χ1v) is 4.79. The fourth-order valence-corrected chi connectivity index (χ4v) is 1.32. The van der Waals surface area contributed by atoms with Gasteiger partial charge in [0, 0.05) is 12.6 Å². The Kier molecular flexibility index (Phi) is 2.83. The Morgan fingerprint density at radius 1 is 1.40 bits per heavy atom. The number of Topliss-reactive ketones (excluding diaryl/α,β-unsaturated/α-hetero) is 1. The molecule has 2 rings (SSSR count). The molecule has 0 atom stereocenters. The Balaban J connectivity index is 2.11. The lowest BCUT2D eigenvalue weighted by molar-refractivity contribution is 0.0988. The molecule has 0 N–H and O–H groups in total. The Morgan fingerprint density at radius 2 is 2.27 bits per heavy atom.